The van der Waals surface area contributed by atoms with Gasteiger partial charge >= 0.3 is 0 Å². The summed E-state index contributed by atoms with van der Waals surface area (Å²) in [5.74, 6) is 0.370. The predicted octanol–water partition coefficient (Wildman–Crippen LogP) is 1.59. The van der Waals surface area contributed by atoms with Crippen LogP contribution < -0.4 is 5.32 Å². The maximum absolute atomic E-state index is 12.1. The van der Waals surface area contributed by atoms with Gasteiger partial charge in [0.25, 0.3) is 0 Å². The van der Waals surface area contributed by atoms with Gasteiger partial charge in [0.05, 0.1) is 5.69 Å². The zero-order valence-corrected chi connectivity index (χ0v) is 11.9. The topological polar surface area (TPSA) is 77.6 Å². The third kappa shape index (κ3) is 2.49. The summed E-state index contributed by atoms with van der Waals surface area (Å²) < 4.78 is 3.47. The Morgan fingerprint density at radius 3 is 3.00 bits per heavy atom. The summed E-state index contributed by atoms with van der Waals surface area (Å²) in [5, 5.41) is 8.11. The number of fused-ring (bicyclic) bond motifs is 1. The quantitative estimate of drug-likeness (QED) is 0.789. The van der Waals surface area contributed by atoms with E-state index in [0.717, 1.165) is 17.6 Å². The molecule has 0 saturated heterocycles. The molecule has 0 spiro atoms. The lowest BCUT2D eigenvalue weighted by Crippen LogP contribution is -2.21. The number of hydrogen-bond acceptors (Lipinski definition) is 4. The average Bonchev–Trinajstić information content (AvgIpc) is 3.05. The first-order valence-corrected chi connectivity index (χ1v) is 6.78. The van der Waals surface area contributed by atoms with Gasteiger partial charge in [-0.3, -0.25) is 10.1 Å². The monoisotopic (exact) mass is 284 g/mol. The number of pyridine rings is 1. The summed E-state index contributed by atoms with van der Waals surface area (Å²) in [5.41, 5.74) is 1.57. The van der Waals surface area contributed by atoms with Gasteiger partial charge in [-0.15, -0.1) is 0 Å². The number of imidazole rings is 1. The predicted molar refractivity (Wildman–Crippen MR) is 78.8 cm³/mol. The number of rotatable bonds is 4. The minimum Gasteiger partial charge on any atom is -0.317 e. The van der Waals surface area contributed by atoms with Crippen molar-refractivity contribution in [2.45, 2.75) is 26.9 Å². The second kappa shape index (κ2) is 5.35. The molecule has 0 aliphatic carbocycles. The van der Waals surface area contributed by atoms with Gasteiger partial charge < -0.3 is 4.57 Å². The molecule has 0 unspecified atom stereocenters. The summed E-state index contributed by atoms with van der Waals surface area (Å²) in [6, 6.07) is 3.81. The van der Waals surface area contributed by atoms with E-state index in [1.165, 1.54) is 0 Å². The third-order valence-electron chi connectivity index (χ3n) is 3.29. The normalized spacial score (nSPS) is 11.0. The molecule has 0 atom stereocenters. The van der Waals surface area contributed by atoms with Crippen molar-refractivity contribution in [3.8, 4) is 0 Å². The highest BCUT2D eigenvalue weighted by Crippen LogP contribution is 2.15. The Hall–Kier alpha value is -2.70. The number of amides is 1. The van der Waals surface area contributed by atoms with Crippen LogP contribution in [0.15, 0.2) is 30.7 Å². The van der Waals surface area contributed by atoms with Crippen molar-refractivity contribution in [2.24, 2.45) is 0 Å². The number of carbonyl (C=O) groups excluding carboxylic acids is 1. The molecular weight excluding hydrogens is 268 g/mol. The van der Waals surface area contributed by atoms with E-state index in [2.05, 4.69) is 20.4 Å². The molecule has 3 aromatic heterocycles. The smallest absolute Gasteiger partial charge is 0.248 e. The first-order chi connectivity index (χ1) is 10.2. The van der Waals surface area contributed by atoms with E-state index in [9.17, 15) is 4.79 Å². The van der Waals surface area contributed by atoms with Crippen molar-refractivity contribution in [1.82, 2.24) is 24.3 Å². The van der Waals surface area contributed by atoms with E-state index in [-0.39, 0.29) is 12.5 Å². The number of anilines is 1. The molecule has 21 heavy (non-hydrogen) atoms. The summed E-state index contributed by atoms with van der Waals surface area (Å²) in [7, 11) is 0. The second-order valence-corrected chi connectivity index (χ2v) is 4.70. The molecule has 108 valence electrons. The van der Waals surface area contributed by atoms with Gasteiger partial charge in [-0.25, -0.2) is 14.6 Å². The summed E-state index contributed by atoms with van der Waals surface area (Å²) in [4.78, 5) is 20.6. The zero-order chi connectivity index (χ0) is 14.8. The van der Waals surface area contributed by atoms with Crippen LogP contribution in [0.1, 0.15) is 12.6 Å². The summed E-state index contributed by atoms with van der Waals surface area (Å²) >= 11 is 0. The minimum absolute atomic E-state index is 0.109. The molecular formula is C14H16N6O. The SMILES string of the molecule is CCn1ccnc1NC(=O)Cn1nc(C)c2cccnc21. The number of nitrogens with zero attached hydrogens (tertiary/aromatic N) is 5. The molecule has 1 amide bonds. The van der Waals surface area contributed by atoms with Crippen LogP contribution in [-0.2, 0) is 17.9 Å². The molecule has 3 aromatic rings. The van der Waals surface area contributed by atoms with E-state index in [0.29, 0.717) is 11.6 Å². The fourth-order valence-corrected chi connectivity index (χ4v) is 2.27. The largest absolute Gasteiger partial charge is 0.317 e. The van der Waals surface area contributed by atoms with Crippen molar-refractivity contribution in [1.29, 1.82) is 0 Å². The lowest BCUT2D eigenvalue weighted by atomic mass is 10.3. The van der Waals surface area contributed by atoms with Gasteiger partial charge in [0.1, 0.15) is 6.54 Å². The second-order valence-electron chi connectivity index (χ2n) is 4.70. The molecule has 0 radical (unpaired) electrons. The van der Waals surface area contributed by atoms with E-state index in [1.807, 2.05) is 36.7 Å². The van der Waals surface area contributed by atoms with Crippen LogP contribution in [0.4, 0.5) is 5.95 Å². The van der Waals surface area contributed by atoms with Crippen LogP contribution in [0.5, 0.6) is 0 Å². The Morgan fingerprint density at radius 1 is 1.33 bits per heavy atom. The molecule has 0 aliphatic heterocycles. The number of nitrogens with one attached hydrogen (secondary N) is 1. The minimum atomic E-state index is -0.175. The lowest BCUT2D eigenvalue weighted by Gasteiger charge is -2.07. The van der Waals surface area contributed by atoms with Gasteiger partial charge in [0.15, 0.2) is 5.65 Å². The van der Waals surface area contributed by atoms with E-state index in [4.69, 9.17) is 0 Å². The molecule has 7 nitrogen and oxygen atoms in total. The van der Waals surface area contributed by atoms with Crippen LogP contribution in [0.25, 0.3) is 11.0 Å². The maximum Gasteiger partial charge on any atom is 0.248 e. The standard InChI is InChI=1S/C14H16N6O/c1-3-19-8-7-16-14(19)17-12(21)9-20-13-11(10(2)18-20)5-4-6-15-13/h4-8H,3,9H2,1-2H3,(H,16,17,21). The maximum atomic E-state index is 12.1. The molecule has 0 saturated carbocycles. The van der Waals surface area contributed by atoms with Crippen molar-refractivity contribution < 1.29 is 4.79 Å². The first kappa shape index (κ1) is 13.3. The van der Waals surface area contributed by atoms with Gasteiger partial charge in [0.2, 0.25) is 11.9 Å². The summed E-state index contributed by atoms with van der Waals surface area (Å²) in [6.07, 6.45) is 5.18. The van der Waals surface area contributed by atoms with E-state index in [1.54, 1.807) is 17.1 Å². The molecule has 0 fully saturated rings. The lowest BCUT2D eigenvalue weighted by molar-refractivity contribution is -0.116. The zero-order valence-electron chi connectivity index (χ0n) is 11.9. The van der Waals surface area contributed by atoms with Crippen LogP contribution in [0.2, 0.25) is 0 Å². The molecule has 3 rings (SSSR count). The van der Waals surface area contributed by atoms with Crippen molar-refractivity contribution in [3.05, 3.63) is 36.4 Å². The Morgan fingerprint density at radius 2 is 2.19 bits per heavy atom. The Labute approximate surface area is 121 Å². The highest BCUT2D eigenvalue weighted by Gasteiger charge is 2.12. The van der Waals surface area contributed by atoms with Gasteiger partial charge in [-0.05, 0) is 26.0 Å². The Balaban J connectivity index is 1.81. The molecule has 7 heteroatoms. The van der Waals surface area contributed by atoms with Crippen LogP contribution in [0.3, 0.4) is 0 Å². The van der Waals surface area contributed by atoms with E-state index >= 15 is 0 Å². The first-order valence-electron chi connectivity index (χ1n) is 6.78. The van der Waals surface area contributed by atoms with E-state index < -0.39 is 0 Å². The third-order valence-corrected chi connectivity index (χ3v) is 3.29. The van der Waals surface area contributed by atoms with Crippen LogP contribution in [0, 0.1) is 6.92 Å². The fraction of sp³-hybridized carbons (Fsp3) is 0.286. The Kier molecular flexibility index (Phi) is 3.39. The highest BCUT2D eigenvalue weighted by molar-refractivity contribution is 5.90. The van der Waals surface area contributed by atoms with Crippen LogP contribution >= 0.6 is 0 Å². The highest BCUT2D eigenvalue weighted by atomic mass is 16.2. The Bertz CT molecular complexity index is 788. The molecule has 1 N–H and O–H groups in total. The number of hydrogen-bond donors (Lipinski definition) is 1. The molecule has 0 aliphatic rings. The summed E-state index contributed by atoms with van der Waals surface area (Å²) in [6.45, 7) is 4.76. The number of aromatic nitrogens is 5. The van der Waals surface area contributed by atoms with Gasteiger partial charge in [0, 0.05) is 30.5 Å². The number of aryl methyl sites for hydroxylation is 2. The van der Waals surface area contributed by atoms with Crippen molar-refractivity contribution in [2.75, 3.05) is 5.32 Å². The average molecular weight is 284 g/mol. The molecule has 0 aromatic carbocycles. The van der Waals surface area contributed by atoms with Crippen molar-refractivity contribution >= 4 is 22.9 Å². The van der Waals surface area contributed by atoms with Gasteiger partial charge in [-0.2, -0.15) is 5.10 Å². The fourth-order valence-electron chi connectivity index (χ4n) is 2.27. The number of carbonyl (C=O) groups is 1. The molecule has 0 bridgehead atoms. The van der Waals surface area contributed by atoms with Crippen LogP contribution in [-0.4, -0.2) is 30.2 Å². The van der Waals surface area contributed by atoms with Crippen molar-refractivity contribution in [3.63, 3.8) is 0 Å². The molecule has 3 heterocycles. The van der Waals surface area contributed by atoms with Gasteiger partial charge in [-0.1, -0.05) is 0 Å².